The predicted octanol–water partition coefficient (Wildman–Crippen LogP) is 6.83. The number of fused-ring (bicyclic) bond motifs is 1. The summed E-state index contributed by atoms with van der Waals surface area (Å²) in [6.07, 6.45) is -8.22. The van der Waals surface area contributed by atoms with E-state index in [-0.39, 0.29) is 22.5 Å². The van der Waals surface area contributed by atoms with E-state index >= 15 is 0 Å². The lowest BCUT2D eigenvalue weighted by Crippen LogP contribution is -2.09. The van der Waals surface area contributed by atoms with Gasteiger partial charge in [0.2, 0.25) is 0 Å². The van der Waals surface area contributed by atoms with Gasteiger partial charge in [-0.2, -0.15) is 31.4 Å². The minimum Gasteiger partial charge on any atom is -0.252 e. The molecule has 160 valence electrons. The van der Waals surface area contributed by atoms with Gasteiger partial charge in [-0.15, -0.1) is 0 Å². The van der Waals surface area contributed by atoms with Crippen molar-refractivity contribution in [1.29, 1.82) is 0 Å². The summed E-state index contributed by atoms with van der Waals surface area (Å²) in [7, 11) is 0. The van der Waals surface area contributed by atoms with Gasteiger partial charge in [0.25, 0.3) is 0 Å². The molecule has 0 fully saturated rings. The lowest BCUT2D eigenvalue weighted by molar-refractivity contribution is -0.138. The van der Waals surface area contributed by atoms with Crippen LogP contribution in [0.4, 0.5) is 26.3 Å². The van der Waals surface area contributed by atoms with E-state index in [0.717, 1.165) is 10.7 Å². The number of hydrogen-bond acceptors (Lipinski definition) is 3. The molecule has 0 atom stereocenters. The molecule has 0 bridgehead atoms. The summed E-state index contributed by atoms with van der Waals surface area (Å²) in [5, 5.41) is 4.23. The van der Waals surface area contributed by atoms with Crippen LogP contribution >= 0.6 is 23.2 Å². The Morgan fingerprint density at radius 3 is 1.94 bits per heavy atom. The van der Waals surface area contributed by atoms with Crippen molar-refractivity contribution >= 4 is 34.2 Å². The first kappa shape index (κ1) is 21.4. The second kappa shape index (κ2) is 7.38. The van der Waals surface area contributed by atoms with Crippen LogP contribution < -0.4 is 0 Å². The standard InChI is InChI=1S/C19H8Cl2F6N4/c20-12-3-1-9(2-4-12)15-16-14(6-11(7-28-16)19(25,26)27)31(30-15)17-13(21)5-10(8-29-17)18(22,23)24/h1-8H. The van der Waals surface area contributed by atoms with Gasteiger partial charge in [0.15, 0.2) is 5.82 Å². The minimum absolute atomic E-state index is 0.0769. The zero-order chi connectivity index (χ0) is 22.6. The van der Waals surface area contributed by atoms with E-state index in [0.29, 0.717) is 29.0 Å². The number of hydrogen-bond donors (Lipinski definition) is 0. The molecule has 4 aromatic rings. The Morgan fingerprint density at radius 1 is 0.774 bits per heavy atom. The van der Waals surface area contributed by atoms with Crippen LogP contribution in [0.1, 0.15) is 11.1 Å². The van der Waals surface area contributed by atoms with Crippen LogP contribution in [0, 0.1) is 0 Å². The highest BCUT2D eigenvalue weighted by molar-refractivity contribution is 6.32. The molecule has 0 amide bonds. The molecule has 12 heteroatoms. The monoisotopic (exact) mass is 476 g/mol. The molecule has 0 radical (unpaired) electrons. The van der Waals surface area contributed by atoms with Crippen molar-refractivity contribution in [2.45, 2.75) is 12.4 Å². The molecule has 0 aliphatic carbocycles. The molecule has 3 aromatic heterocycles. The molecular formula is C19H8Cl2F6N4. The third kappa shape index (κ3) is 4.05. The summed E-state index contributed by atoms with van der Waals surface area (Å²) >= 11 is 11.9. The normalized spacial score (nSPS) is 12.5. The molecule has 0 saturated carbocycles. The Morgan fingerprint density at radius 2 is 1.35 bits per heavy atom. The van der Waals surface area contributed by atoms with Gasteiger partial charge in [-0.1, -0.05) is 35.3 Å². The van der Waals surface area contributed by atoms with Gasteiger partial charge < -0.3 is 0 Å². The molecule has 0 saturated heterocycles. The number of pyridine rings is 2. The largest absolute Gasteiger partial charge is 0.417 e. The van der Waals surface area contributed by atoms with Crippen LogP contribution in [0.3, 0.4) is 0 Å². The number of rotatable bonds is 2. The second-order valence-electron chi connectivity index (χ2n) is 6.38. The second-order valence-corrected chi connectivity index (χ2v) is 7.23. The van der Waals surface area contributed by atoms with Gasteiger partial charge in [0, 0.05) is 23.0 Å². The molecule has 0 N–H and O–H groups in total. The zero-order valence-electron chi connectivity index (χ0n) is 14.9. The van der Waals surface area contributed by atoms with E-state index in [2.05, 4.69) is 15.1 Å². The smallest absolute Gasteiger partial charge is 0.252 e. The Hall–Kier alpha value is -2.85. The van der Waals surface area contributed by atoms with E-state index in [1.54, 1.807) is 24.3 Å². The van der Waals surface area contributed by atoms with Crippen molar-refractivity contribution in [2.75, 3.05) is 0 Å². The summed E-state index contributed by atoms with van der Waals surface area (Å²) in [6, 6.07) is 7.67. The third-order valence-electron chi connectivity index (χ3n) is 4.31. The van der Waals surface area contributed by atoms with Gasteiger partial charge >= 0.3 is 12.4 Å². The summed E-state index contributed by atoms with van der Waals surface area (Å²) in [4.78, 5) is 7.59. The number of benzene rings is 1. The van der Waals surface area contributed by atoms with Gasteiger partial charge in [0.1, 0.15) is 11.2 Å². The first-order chi connectivity index (χ1) is 14.4. The number of aromatic nitrogens is 4. The highest BCUT2D eigenvalue weighted by Gasteiger charge is 2.34. The van der Waals surface area contributed by atoms with Crippen LogP contribution in [-0.4, -0.2) is 19.7 Å². The molecule has 31 heavy (non-hydrogen) atoms. The van der Waals surface area contributed by atoms with Gasteiger partial charge in [-0.3, -0.25) is 4.98 Å². The molecule has 1 aromatic carbocycles. The lowest BCUT2D eigenvalue weighted by Gasteiger charge is -2.10. The number of nitrogens with zero attached hydrogens (tertiary/aromatic N) is 4. The van der Waals surface area contributed by atoms with Gasteiger partial charge in [0.05, 0.1) is 21.7 Å². The van der Waals surface area contributed by atoms with Crippen LogP contribution in [-0.2, 0) is 12.4 Å². The summed E-state index contributed by atoms with van der Waals surface area (Å²) in [5.41, 5.74) is -1.57. The van der Waals surface area contributed by atoms with Gasteiger partial charge in [-0.05, 0) is 24.3 Å². The Bertz CT molecular complexity index is 1280. The molecule has 0 aliphatic rings. The predicted molar refractivity (Wildman–Crippen MR) is 102 cm³/mol. The molecular weight excluding hydrogens is 469 g/mol. The van der Waals surface area contributed by atoms with Crippen LogP contribution in [0.2, 0.25) is 10.0 Å². The first-order valence-electron chi connectivity index (χ1n) is 8.40. The molecule has 0 spiro atoms. The molecule has 4 nitrogen and oxygen atoms in total. The maximum Gasteiger partial charge on any atom is 0.417 e. The van der Waals surface area contributed by atoms with Crippen molar-refractivity contribution in [3.8, 4) is 17.1 Å². The van der Waals surface area contributed by atoms with Crippen LogP contribution in [0.25, 0.3) is 28.1 Å². The van der Waals surface area contributed by atoms with E-state index in [9.17, 15) is 26.3 Å². The Labute approximate surface area is 180 Å². The fourth-order valence-corrected chi connectivity index (χ4v) is 3.23. The molecule has 0 unspecified atom stereocenters. The fourth-order valence-electron chi connectivity index (χ4n) is 2.86. The Kier molecular flexibility index (Phi) is 5.09. The van der Waals surface area contributed by atoms with E-state index in [1.807, 2.05) is 0 Å². The lowest BCUT2D eigenvalue weighted by atomic mass is 10.1. The van der Waals surface area contributed by atoms with Gasteiger partial charge in [-0.25, -0.2) is 9.67 Å². The average molecular weight is 477 g/mol. The number of alkyl halides is 6. The van der Waals surface area contributed by atoms with Crippen LogP contribution in [0.5, 0.6) is 0 Å². The molecule has 4 rings (SSSR count). The maximum atomic E-state index is 13.2. The van der Waals surface area contributed by atoms with E-state index in [4.69, 9.17) is 23.2 Å². The maximum absolute atomic E-state index is 13.2. The Balaban J connectivity index is 1.99. The van der Waals surface area contributed by atoms with E-state index in [1.165, 1.54) is 0 Å². The number of halogens is 8. The first-order valence-corrected chi connectivity index (χ1v) is 9.16. The summed E-state index contributed by atoms with van der Waals surface area (Å²) < 4.78 is 79.4. The quantitative estimate of drug-likeness (QED) is 0.298. The van der Waals surface area contributed by atoms with Crippen molar-refractivity contribution in [3.05, 3.63) is 70.0 Å². The third-order valence-corrected chi connectivity index (χ3v) is 4.84. The minimum atomic E-state index is -4.70. The van der Waals surface area contributed by atoms with E-state index < -0.39 is 28.5 Å². The van der Waals surface area contributed by atoms with Crippen molar-refractivity contribution < 1.29 is 26.3 Å². The highest BCUT2D eigenvalue weighted by Crippen LogP contribution is 2.36. The summed E-state index contributed by atoms with van der Waals surface area (Å²) in [6.45, 7) is 0. The zero-order valence-corrected chi connectivity index (χ0v) is 16.4. The van der Waals surface area contributed by atoms with Crippen molar-refractivity contribution in [1.82, 2.24) is 19.7 Å². The topological polar surface area (TPSA) is 43.6 Å². The fraction of sp³-hybridized carbons (Fsp3) is 0.105. The van der Waals surface area contributed by atoms with Crippen LogP contribution in [0.15, 0.2) is 48.8 Å². The molecule has 0 aliphatic heterocycles. The van der Waals surface area contributed by atoms with Crippen molar-refractivity contribution in [2.24, 2.45) is 0 Å². The SMILES string of the molecule is FC(F)(F)c1cnc(-n2nc(-c3ccc(Cl)cc3)c3ncc(C(F)(F)F)cc32)c(Cl)c1. The average Bonchev–Trinajstić information content (AvgIpc) is 3.06. The van der Waals surface area contributed by atoms with Crippen molar-refractivity contribution in [3.63, 3.8) is 0 Å². The summed E-state index contributed by atoms with van der Waals surface area (Å²) in [5.74, 6) is -0.277. The molecule has 3 heterocycles. The highest BCUT2D eigenvalue weighted by atomic mass is 35.5.